The first-order valence-corrected chi connectivity index (χ1v) is 8.45. The summed E-state index contributed by atoms with van der Waals surface area (Å²) in [6, 6.07) is 5.26. The summed E-state index contributed by atoms with van der Waals surface area (Å²) >= 11 is 0. The van der Waals surface area contributed by atoms with Crippen LogP contribution in [0.2, 0.25) is 0 Å². The van der Waals surface area contributed by atoms with Gasteiger partial charge in [0.2, 0.25) is 18.6 Å². The van der Waals surface area contributed by atoms with E-state index in [9.17, 15) is 9.59 Å². The number of carbonyl (C=O) groups excluding carboxylic acids is 2. The zero-order valence-corrected chi connectivity index (χ0v) is 13.3. The Morgan fingerprint density at radius 3 is 2.83 bits per heavy atom. The second kappa shape index (κ2) is 6.32. The maximum atomic E-state index is 12.3. The van der Waals surface area contributed by atoms with Crippen molar-refractivity contribution in [3.63, 3.8) is 0 Å². The van der Waals surface area contributed by atoms with Crippen LogP contribution >= 0.6 is 0 Å². The average molecular weight is 331 g/mol. The summed E-state index contributed by atoms with van der Waals surface area (Å²) in [4.78, 5) is 24.5. The van der Waals surface area contributed by atoms with E-state index in [4.69, 9.17) is 9.47 Å². The zero-order chi connectivity index (χ0) is 16.5. The number of carbonyl (C=O) groups is 2. The molecule has 3 atom stereocenters. The maximum Gasteiger partial charge on any atom is 0.237 e. The van der Waals surface area contributed by atoms with Gasteiger partial charge in [-0.2, -0.15) is 0 Å². The fraction of sp³-hybridized carbons (Fsp3) is 0.529. The third-order valence-corrected chi connectivity index (χ3v) is 4.87. The second-order valence-electron chi connectivity index (χ2n) is 6.55. The smallest absolute Gasteiger partial charge is 0.237 e. The number of piperazine rings is 1. The van der Waals surface area contributed by atoms with Crippen molar-refractivity contribution in [2.24, 2.45) is 0 Å². The third kappa shape index (κ3) is 3.03. The van der Waals surface area contributed by atoms with E-state index in [1.807, 2.05) is 0 Å². The van der Waals surface area contributed by atoms with Crippen molar-refractivity contribution >= 4 is 17.5 Å². The summed E-state index contributed by atoms with van der Waals surface area (Å²) in [6.45, 7) is 0.196. The van der Waals surface area contributed by atoms with Crippen molar-refractivity contribution in [1.82, 2.24) is 10.6 Å². The van der Waals surface area contributed by atoms with Crippen LogP contribution in [0, 0.1) is 0 Å². The Morgan fingerprint density at radius 1 is 1.17 bits per heavy atom. The van der Waals surface area contributed by atoms with Crippen LogP contribution in [0.1, 0.15) is 32.1 Å². The number of nitrogens with one attached hydrogen (secondary N) is 3. The lowest BCUT2D eigenvalue weighted by Gasteiger charge is -2.40. The SMILES string of the molecule is O=C(C[C@@H]1N[C@@H]2CCCC[C@@H]2NC1=O)Nc1ccc2c(c1)OCO2. The number of benzene rings is 1. The largest absolute Gasteiger partial charge is 0.454 e. The van der Waals surface area contributed by atoms with Gasteiger partial charge in [-0.05, 0) is 25.0 Å². The molecule has 7 heteroatoms. The van der Waals surface area contributed by atoms with Gasteiger partial charge in [-0.15, -0.1) is 0 Å². The first-order chi connectivity index (χ1) is 11.7. The Balaban J connectivity index is 1.36. The van der Waals surface area contributed by atoms with Crippen LogP contribution in [0.15, 0.2) is 18.2 Å². The Kier molecular flexibility index (Phi) is 4.02. The molecule has 2 amide bonds. The fourth-order valence-electron chi connectivity index (χ4n) is 3.64. The first-order valence-electron chi connectivity index (χ1n) is 8.45. The third-order valence-electron chi connectivity index (χ3n) is 4.87. The predicted octanol–water partition coefficient (Wildman–Crippen LogP) is 1.14. The number of rotatable bonds is 3. The van der Waals surface area contributed by atoms with E-state index >= 15 is 0 Å². The minimum absolute atomic E-state index is 0.0843. The molecule has 1 aromatic rings. The van der Waals surface area contributed by atoms with Crippen molar-refractivity contribution in [2.75, 3.05) is 12.1 Å². The van der Waals surface area contributed by atoms with Crippen molar-refractivity contribution < 1.29 is 19.1 Å². The van der Waals surface area contributed by atoms with E-state index in [1.54, 1.807) is 18.2 Å². The number of hydrogen-bond donors (Lipinski definition) is 3. The van der Waals surface area contributed by atoms with Crippen molar-refractivity contribution in [3.05, 3.63) is 18.2 Å². The monoisotopic (exact) mass is 331 g/mol. The van der Waals surface area contributed by atoms with Gasteiger partial charge < -0.3 is 25.4 Å². The number of anilines is 1. The summed E-state index contributed by atoms with van der Waals surface area (Å²) in [5.41, 5.74) is 0.635. The summed E-state index contributed by atoms with van der Waals surface area (Å²) in [6.07, 6.45) is 4.49. The highest BCUT2D eigenvalue weighted by molar-refractivity contribution is 5.96. The quantitative estimate of drug-likeness (QED) is 0.773. The van der Waals surface area contributed by atoms with E-state index in [0.717, 1.165) is 19.3 Å². The van der Waals surface area contributed by atoms with Crippen LogP contribution < -0.4 is 25.4 Å². The van der Waals surface area contributed by atoms with Crippen molar-refractivity contribution in [3.8, 4) is 11.5 Å². The Morgan fingerprint density at radius 2 is 1.96 bits per heavy atom. The minimum atomic E-state index is -0.474. The molecular weight excluding hydrogens is 310 g/mol. The lowest BCUT2D eigenvalue weighted by molar-refractivity contribution is -0.129. The highest BCUT2D eigenvalue weighted by Crippen LogP contribution is 2.34. The molecule has 3 aliphatic rings. The molecule has 1 saturated carbocycles. The van der Waals surface area contributed by atoms with E-state index in [2.05, 4.69) is 16.0 Å². The number of amides is 2. The molecule has 1 saturated heterocycles. The van der Waals surface area contributed by atoms with Gasteiger partial charge in [-0.3, -0.25) is 9.59 Å². The molecule has 0 spiro atoms. The molecule has 2 heterocycles. The molecule has 3 N–H and O–H groups in total. The van der Waals surface area contributed by atoms with E-state index in [-0.39, 0.29) is 37.1 Å². The average Bonchev–Trinajstić information content (AvgIpc) is 3.03. The second-order valence-corrected chi connectivity index (χ2v) is 6.55. The summed E-state index contributed by atoms with van der Waals surface area (Å²) in [5, 5.41) is 9.22. The zero-order valence-electron chi connectivity index (χ0n) is 13.3. The van der Waals surface area contributed by atoms with Crippen LogP contribution in [0.3, 0.4) is 0 Å². The van der Waals surface area contributed by atoms with Crippen LogP contribution in [-0.2, 0) is 9.59 Å². The van der Waals surface area contributed by atoms with Gasteiger partial charge in [-0.1, -0.05) is 12.8 Å². The van der Waals surface area contributed by atoms with Crippen molar-refractivity contribution in [2.45, 2.75) is 50.2 Å². The Bertz CT molecular complexity index is 663. The first kappa shape index (κ1) is 15.3. The Hall–Kier alpha value is -2.28. The molecule has 2 aliphatic heterocycles. The Labute approximate surface area is 140 Å². The van der Waals surface area contributed by atoms with Gasteiger partial charge in [0.15, 0.2) is 11.5 Å². The molecule has 4 rings (SSSR count). The number of fused-ring (bicyclic) bond motifs is 2. The molecule has 0 bridgehead atoms. The van der Waals surface area contributed by atoms with Gasteiger partial charge in [0.05, 0.1) is 12.5 Å². The summed E-state index contributed by atoms with van der Waals surface area (Å²) < 4.78 is 10.5. The number of ether oxygens (including phenoxy) is 2. The van der Waals surface area contributed by atoms with Crippen LogP contribution in [-0.4, -0.2) is 36.7 Å². The van der Waals surface area contributed by atoms with Crippen LogP contribution in [0.5, 0.6) is 11.5 Å². The van der Waals surface area contributed by atoms with Gasteiger partial charge in [-0.25, -0.2) is 0 Å². The van der Waals surface area contributed by atoms with Gasteiger partial charge in [0, 0.05) is 23.8 Å². The standard InChI is InChI=1S/C17H21N3O4/c21-16(18-10-5-6-14-15(7-10)24-9-23-14)8-13-17(22)20-12-4-2-1-3-11(12)19-13/h5-7,11-13,19H,1-4,8-9H2,(H,18,21)(H,20,22)/t11-,12+,13+/m1/s1. The highest BCUT2D eigenvalue weighted by atomic mass is 16.7. The lowest BCUT2D eigenvalue weighted by atomic mass is 9.87. The van der Waals surface area contributed by atoms with Crippen LogP contribution in [0.4, 0.5) is 5.69 Å². The summed E-state index contributed by atoms with van der Waals surface area (Å²) in [7, 11) is 0. The molecular formula is C17H21N3O4. The van der Waals surface area contributed by atoms with Gasteiger partial charge in [0.25, 0.3) is 0 Å². The predicted molar refractivity (Wildman–Crippen MR) is 86.9 cm³/mol. The molecule has 1 aliphatic carbocycles. The molecule has 2 fully saturated rings. The molecule has 0 radical (unpaired) electrons. The highest BCUT2D eigenvalue weighted by Gasteiger charge is 2.36. The van der Waals surface area contributed by atoms with Gasteiger partial charge >= 0.3 is 0 Å². The number of hydrogen-bond acceptors (Lipinski definition) is 5. The normalized spacial score (nSPS) is 28.0. The van der Waals surface area contributed by atoms with Gasteiger partial charge in [0.1, 0.15) is 0 Å². The lowest BCUT2D eigenvalue weighted by Crippen LogP contribution is -2.65. The maximum absolute atomic E-state index is 12.3. The molecule has 0 unspecified atom stereocenters. The van der Waals surface area contributed by atoms with Crippen molar-refractivity contribution in [1.29, 1.82) is 0 Å². The minimum Gasteiger partial charge on any atom is -0.454 e. The molecule has 1 aromatic carbocycles. The topological polar surface area (TPSA) is 88.7 Å². The summed E-state index contributed by atoms with van der Waals surface area (Å²) in [5.74, 6) is 1.01. The molecule has 24 heavy (non-hydrogen) atoms. The van der Waals surface area contributed by atoms with Crippen LogP contribution in [0.25, 0.3) is 0 Å². The molecule has 7 nitrogen and oxygen atoms in total. The molecule has 128 valence electrons. The molecule has 0 aromatic heterocycles. The fourth-order valence-corrected chi connectivity index (χ4v) is 3.64. The van der Waals surface area contributed by atoms with E-state index < -0.39 is 6.04 Å². The van der Waals surface area contributed by atoms with E-state index in [0.29, 0.717) is 17.2 Å². The van der Waals surface area contributed by atoms with E-state index in [1.165, 1.54) is 6.42 Å².